The van der Waals surface area contributed by atoms with Gasteiger partial charge in [-0.25, -0.2) is 5.09 Å². The molecule has 0 saturated carbocycles. The highest BCUT2D eigenvalue weighted by Gasteiger charge is 2.22. The topological polar surface area (TPSA) is 49.3 Å². The van der Waals surface area contributed by atoms with E-state index in [-0.39, 0.29) is 12.2 Å². The molecule has 3 aromatic rings. The maximum Gasteiger partial charge on any atom is 0.272 e. The molecule has 0 bridgehead atoms. The minimum atomic E-state index is -3.45. The summed E-state index contributed by atoms with van der Waals surface area (Å²) in [4.78, 5) is 10.3. The van der Waals surface area contributed by atoms with Gasteiger partial charge in [-0.3, -0.25) is 4.57 Å². The molecule has 23 heavy (non-hydrogen) atoms. The molecule has 0 radical (unpaired) electrons. The van der Waals surface area contributed by atoms with Crippen LogP contribution in [0.1, 0.15) is 24.1 Å². The van der Waals surface area contributed by atoms with Crippen LogP contribution in [0.25, 0.3) is 10.8 Å². The average molecular weight is 325 g/mol. The predicted molar refractivity (Wildman–Crippen MR) is 95.5 cm³/mol. The first-order valence-electron chi connectivity index (χ1n) is 7.66. The fourth-order valence-corrected chi connectivity index (χ4v) is 4.28. The minimum absolute atomic E-state index is 0.131. The molecule has 0 aliphatic rings. The lowest BCUT2D eigenvalue weighted by atomic mass is 10.0. The van der Waals surface area contributed by atoms with Gasteiger partial charge in [0.05, 0.1) is 6.16 Å². The molecule has 2 unspecified atom stereocenters. The van der Waals surface area contributed by atoms with E-state index in [0.29, 0.717) is 0 Å². The van der Waals surface area contributed by atoms with Crippen LogP contribution in [0.4, 0.5) is 0 Å². The smallest absolute Gasteiger partial charge is 0.272 e. The molecule has 3 nitrogen and oxygen atoms in total. The highest BCUT2D eigenvalue weighted by atomic mass is 31.2. The van der Waals surface area contributed by atoms with Crippen molar-refractivity contribution in [2.24, 2.45) is 0 Å². The van der Waals surface area contributed by atoms with E-state index in [9.17, 15) is 9.46 Å². The summed E-state index contributed by atoms with van der Waals surface area (Å²) in [5.74, 6) is 0. The summed E-state index contributed by atoms with van der Waals surface area (Å²) in [7, 11) is -3.45. The second kappa shape index (κ2) is 6.67. The lowest BCUT2D eigenvalue weighted by molar-refractivity contribution is 0.451. The molecular weight excluding hydrogens is 305 g/mol. The first-order valence-corrected chi connectivity index (χ1v) is 9.50. The predicted octanol–water partition coefficient (Wildman–Crippen LogP) is 4.88. The Morgan fingerprint density at radius 2 is 1.61 bits per heavy atom. The summed E-state index contributed by atoms with van der Waals surface area (Å²) in [6.07, 6.45) is 0.131. The molecule has 0 fully saturated rings. The second-order valence-electron chi connectivity index (χ2n) is 5.80. The van der Waals surface area contributed by atoms with Crippen LogP contribution < -0.4 is 5.09 Å². The van der Waals surface area contributed by atoms with Gasteiger partial charge in [0, 0.05) is 6.04 Å². The molecule has 0 aromatic heterocycles. The maximum absolute atomic E-state index is 12.5. The normalized spacial score (nSPS) is 15.2. The van der Waals surface area contributed by atoms with Crippen LogP contribution in [-0.2, 0) is 10.7 Å². The van der Waals surface area contributed by atoms with Crippen molar-refractivity contribution in [2.45, 2.75) is 19.1 Å². The first-order chi connectivity index (χ1) is 11.0. The number of hydrogen-bond acceptors (Lipinski definition) is 1. The molecule has 0 aliphatic carbocycles. The van der Waals surface area contributed by atoms with Crippen LogP contribution >= 0.6 is 7.52 Å². The van der Waals surface area contributed by atoms with Gasteiger partial charge in [0.25, 0.3) is 7.52 Å². The fourth-order valence-electron chi connectivity index (χ4n) is 2.73. The fraction of sp³-hybridized carbons (Fsp3) is 0.158. The van der Waals surface area contributed by atoms with Crippen molar-refractivity contribution in [2.75, 3.05) is 0 Å². The molecule has 3 aromatic carbocycles. The lowest BCUT2D eigenvalue weighted by Crippen LogP contribution is -2.16. The third kappa shape index (κ3) is 4.08. The summed E-state index contributed by atoms with van der Waals surface area (Å²) >= 11 is 0. The van der Waals surface area contributed by atoms with Crippen molar-refractivity contribution < 1.29 is 9.46 Å². The molecule has 118 valence electrons. The molecule has 3 rings (SSSR count). The molecule has 0 aliphatic heterocycles. The monoisotopic (exact) mass is 325 g/mol. The highest BCUT2D eigenvalue weighted by molar-refractivity contribution is 7.55. The van der Waals surface area contributed by atoms with Crippen molar-refractivity contribution in [3.05, 3.63) is 83.9 Å². The van der Waals surface area contributed by atoms with Gasteiger partial charge in [-0.2, -0.15) is 0 Å². The van der Waals surface area contributed by atoms with E-state index in [4.69, 9.17) is 0 Å². The van der Waals surface area contributed by atoms with Gasteiger partial charge in [0.15, 0.2) is 0 Å². The summed E-state index contributed by atoms with van der Waals surface area (Å²) in [5, 5.41) is 5.20. The van der Waals surface area contributed by atoms with Crippen LogP contribution in [0.15, 0.2) is 72.8 Å². The molecular formula is C19H20NO2P. The first kappa shape index (κ1) is 15.9. The Morgan fingerprint density at radius 1 is 0.957 bits per heavy atom. The Labute approximate surface area is 136 Å². The lowest BCUT2D eigenvalue weighted by Gasteiger charge is -2.20. The van der Waals surface area contributed by atoms with E-state index in [1.165, 1.54) is 5.39 Å². The standard InChI is InChI=1S/C19H20NO2P/c1-15(18-12-11-17-9-5-6-10-19(17)13-18)20-23(21,22)14-16-7-3-2-4-8-16/h2-13,15H,14H2,1H3,(H2,20,21,22). The zero-order valence-electron chi connectivity index (χ0n) is 13.0. The Kier molecular flexibility index (Phi) is 4.63. The van der Waals surface area contributed by atoms with E-state index in [0.717, 1.165) is 16.5 Å². The molecule has 0 amide bonds. The third-order valence-corrected chi connectivity index (χ3v) is 5.49. The summed E-state index contributed by atoms with van der Waals surface area (Å²) in [6.45, 7) is 1.91. The van der Waals surface area contributed by atoms with E-state index >= 15 is 0 Å². The molecule has 0 heterocycles. The Morgan fingerprint density at radius 3 is 2.35 bits per heavy atom. The van der Waals surface area contributed by atoms with Gasteiger partial charge in [-0.05, 0) is 34.9 Å². The van der Waals surface area contributed by atoms with Crippen molar-refractivity contribution in [1.29, 1.82) is 0 Å². The highest BCUT2D eigenvalue weighted by Crippen LogP contribution is 2.42. The van der Waals surface area contributed by atoms with E-state index < -0.39 is 7.52 Å². The van der Waals surface area contributed by atoms with Crippen LogP contribution in [-0.4, -0.2) is 4.89 Å². The van der Waals surface area contributed by atoms with Gasteiger partial charge in [-0.15, -0.1) is 0 Å². The zero-order valence-corrected chi connectivity index (χ0v) is 13.9. The molecule has 0 spiro atoms. The number of hydrogen-bond donors (Lipinski definition) is 2. The Balaban J connectivity index is 1.76. The number of benzene rings is 3. The second-order valence-corrected chi connectivity index (χ2v) is 7.78. The van der Waals surface area contributed by atoms with Gasteiger partial charge in [0.1, 0.15) is 0 Å². The van der Waals surface area contributed by atoms with Crippen LogP contribution in [0.3, 0.4) is 0 Å². The van der Waals surface area contributed by atoms with Crippen molar-refractivity contribution >= 4 is 18.3 Å². The molecule has 2 N–H and O–H groups in total. The molecule has 0 saturated heterocycles. The zero-order chi connectivity index (χ0) is 16.3. The Bertz CT molecular complexity index is 848. The van der Waals surface area contributed by atoms with E-state index in [1.807, 2.05) is 67.6 Å². The third-order valence-electron chi connectivity index (χ3n) is 3.91. The summed E-state index contributed by atoms with van der Waals surface area (Å²) < 4.78 is 12.5. The Hall–Kier alpha value is -1.93. The molecule has 4 heteroatoms. The van der Waals surface area contributed by atoms with Crippen molar-refractivity contribution in [3.8, 4) is 0 Å². The van der Waals surface area contributed by atoms with Crippen LogP contribution in [0, 0.1) is 0 Å². The number of rotatable bonds is 5. The SMILES string of the molecule is CC(NP(=O)(O)Cc1ccccc1)c1ccc2ccccc2c1. The van der Waals surface area contributed by atoms with Gasteiger partial charge >= 0.3 is 0 Å². The number of fused-ring (bicyclic) bond motifs is 1. The number of nitrogens with one attached hydrogen (secondary N) is 1. The van der Waals surface area contributed by atoms with Crippen LogP contribution in [0.5, 0.6) is 0 Å². The van der Waals surface area contributed by atoms with E-state index in [1.54, 1.807) is 0 Å². The minimum Gasteiger partial charge on any atom is -0.333 e. The van der Waals surface area contributed by atoms with Gasteiger partial charge in [-0.1, -0.05) is 66.7 Å². The summed E-state index contributed by atoms with van der Waals surface area (Å²) in [5.41, 5.74) is 1.86. The average Bonchev–Trinajstić information content (AvgIpc) is 2.54. The largest absolute Gasteiger partial charge is 0.333 e. The maximum atomic E-state index is 12.5. The van der Waals surface area contributed by atoms with Gasteiger partial charge < -0.3 is 4.89 Å². The van der Waals surface area contributed by atoms with E-state index in [2.05, 4.69) is 17.2 Å². The molecule has 2 atom stereocenters. The summed E-state index contributed by atoms with van der Waals surface area (Å²) in [6, 6.07) is 23.4. The van der Waals surface area contributed by atoms with Crippen molar-refractivity contribution in [1.82, 2.24) is 5.09 Å². The quantitative estimate of drug-likeness (QED) is 0.658. The van der Waals surface area contributed by atoms with Gasteiger partial charge in [0.2, 0.25) is 0 Å². The van der Waals surface area contributed by atoms with Crippen molar-refractivity contribution in [3.63, 3.8) is 0 Å². The van der Waals surface area contributed by atoms with Crippen LogP contribution in [0.2, 0.25) is 0 Å².